The highest BCUT2D eigenvalue weighted by Crippen LogP contribution is 1.91. The van der Waals surface area contributed by atoms with Gasteiger partial charge in [0.25, 0.3) is 0 Å². The lowest BCUT2D eigenvalue weighted by Gasteiger charge is -1.78. The fourth-order valence-corrected chi connectivity index (χ4v) is 0.113. The highest BCUT2D eigenvalue weighted by Gasteiger charge is 1.84. The maximum Gasteiger partial charge on any atom is 0.172 e. The standard InChI is InChI=1S/C2H2O3/c1-2-4-5-3-1/h1-2H. The largest absolute Gasteiger partial charge is 0.304 e. The van der Waals surface area contributed by atoms with E-state index >= 15 is 0 Å². The number of hydrogen-bond acceptors (Lipinski definition) is 3. The van der Waals surface area contributed by atoms with Crippen molar-refractivity contribution in [3.8, 4) is 0 Å². The molecule has 0 bridgehead atoms. The zero-order valence-corrected chi connectivity index (χ0v) is 2.38. The maximum atomic E-state index is 4.04. The van der Waals surface area contributed by atoms with Gasteiger partial charge in [-0.1, -0.05) is 0 Å². The van der Waals surface area contributed by atoms with Crippen molar-refractivity contribution in [3.63, 3.8) is 0 Å². The van der Waals surface area contributed by atoms with Crippen LogP contribution >= 0.6 is 0 Å². The van der Waals surface area contributed by atoms with Crippen molar-refractivity contribution >= 4 is 0 Å². The molecule has 0 saturated heterocycles. The quantitative estimate of drug-likeness (QED) is 0.388. The molecular formula is C2H2O3. The molecule has 0 amide bonds. The summed E-state index contributed by atoms with van der Waals surface area (Å²) in [6.45, 7) is 0. The van der Waals surface area contributed by atoms with Crippen molar-refractivity contribution in [1.29, 1.82) is 0 Å². The number of hydrogen-bond donors (Lipinski definition) is 0. The molecule has 0 fully saturated rings. The molecule has 0 atom stereocenters. The summed E-state index contributed by atoms with van der Waals surface area (Å²) in [6, 6.07) is 0. The second kappa shape index (κ2) is 0.944. The molecule has 1 rings (SSSR count). The van der Waals surface area contributed by atoms with Gasteiger partial charge < -0.3 is 9.78 Å². The van der Waals surface area contributed by atoms with Gasteiger partial charge in [0.2, 0.25) is 0 Å². The van der Waals surface area contributed by atoms with Crippen LogP contribution in [0, 0.1) is 0 Å². The minimum absolute atomic E-state index is 1.29. The molecule has 1 heterocycles. The van der Waals surface area contributed by atoms with Crippen LogP contribution in [0.2, 0.25) is 0 Å². The Kier molecular flexibility index (Phi) is 0.478. The highest BCUT2D eigenvalue weighted by molar-refractivity contribution is 4.57. The van der Waals surface area contributed by atoms with E-state index in [1.165, 1.54) is 12.5 Å². The van der Waals surface area contributed by atoms with Crippen molar-refractivity contribution < 1.29 is 14.8 Å². The molecule has 0 aliphatic carbocycles. The van der Waals surface area contributed by atoms with Crippen LogP contribution in [0.1, 0.15) is 0 Å². The Balaban J connectivity index is 2.32. The predicted octanol–water partition coefficient (Wildman–Crippen LogP) is 0.351. The summed E-state index contributed by atoms with van der Waals surface area (Å²) >= 11 is 0. The molecule has 0 saturated carbocycles. The molecule has 1 aliphatic heterocycles. The van der Waals surface area contributed by atoms with Crippen LogP contribution in [0.15, 0.2) is 12.5 Å². The lowest BCUT2D eigenvalue weighted by Crippen LogP contribution is -1.69. The molecule has 0 spiro atoms. The molecule has 28 valence electrons. The maximum absolute atomic E-state index is 4.04. The Labute approximate surface area is 28.6 Å². The zero-order valence-electron chi connectivity index (χ0n) is 2.38. The molecule has 3 heteroatoms. The molecule has 0 unspecified atom stereocenters. The van der Waals surface area contributed by atoms with Gasteiger partial charge >= 0.3 is 0 Å². The third kappa shape index (κ3) is 0.302. The molecule has 1 aliphatic rings. The Bertz CT molecular complexity index is 42.9. The topological polar surface area (TPSA) is 27.7 Å². The van der Waals surface area contributed by atoms with Gasteiger partial charge in [0.1, 0.15) is 0 Å². The summed E-state index contributed by atoms with van der Waals surface area (Å²) in [6.07, 6.45) is 2.58. The van der Waals surface area contributed by atoms with Crippen molar-refractivity contribution in [1.82, 2.24) is 0 Å². The number of rotatable bonds is 0. The van der Waals surface area contributed by atoms with E-state index in [-0.39, 0.29) is 0 Å². The first-order valence-corrected chi connectivity index (χ1v) is 1.14. The first-order chi connectivity index (χ1) is 2.50. The van der Waals surface area contributed by atoms with E-state index in [1.54, 1.807) is 0 Å². The Morgan fingerprint density at radius 3 is 1.80 bits per heavy atom. The van der Waals surface area contributed by atoms with E-state index in [1.807, 2.05) is 0 Å². The van der Waals surface area contributed by atoms with E-state index in [0.717, 1.165) is 0 Å². The van der Waals surface area contributed by atoms with E-state index < -0.39 is 0 Å². The highest BCUT2D eigenvalue weighted by atomic mass is 17.5. The van der Waals surface area contributed by atoms with Gasteiger partial charge in [0.05, 0.1) is 0 Å². The Hall–Kier alpha value is -0.700. The summed E-state index contributed by atoms with van der Waals surface area (Å²) in [5.74, 6) is 0. The van der Waals surface area contributed by atoms with Gasteiger partial charge in [-0.3, -0.25) is 0 Å². The SMILES string of the molecule is C1=COOO1. The van der Waals surface area contributed by atoms with Crippen molar-refractivity contribution in [2.45, 2.75) is 0 Å². The van der Waals surface area contributed by atoms with Crippen LogP contribution in [0.25, 0.3) is 0 Å². The first kappa shape index (κ1) is 2.53. The summed E-state index contributed by atoms with van der Waals surface area (Å²) in [5, 5.41) is 3.83. The molecule has 0 radical (unpaired) electrons. The summed E-state index contributed by atoms with van der Waals surface area (Å²) in [7, 11) is 0. The lowest BCUT2D eigenvalue weighted by molar-refractivity contribution is -0.440. The van der Waals surface area contributed by atoms with E-state index in [0.29, 0.717) is 0 Å². The summed E-state index contributed by atoms with van der Waals surface area (Å²) in [5.41, 5.74) is 0. The Morgan fingerprint density at radius 1 is 1.00 bits per heavy atom. The lowest BCUT2D eigenvalue weighted by atomic mass is 11.1. The zero-order chi connectivity index (χ0) is 3.54. The smallest absolute Gasteiger partial charge is 0.172 e. The van der Waals surface area contributed by atoms with Gasteiger partial charge in [0.15, 0.2) is 12.5 Å². The third-order valence-electron chi connectivity index (χ3n) is 0.245. The monoisotopic (exact) mass is 74.0 g/mol. The molecule has 5 heavy (non-hydrogen) atoms. The van der Waals surface area contributed by atoms with Crippen LogP contribution < -0.4 is 0 Å². The molecule has 0 aromatic rings. The van der Waals surface area contributed by atoms with Crippen molar-refractivity contribution in [2.24, 2.45) is 0 Å². The van der Waals surface area contributed by atoms with Crippen molar-refractivity contribution in [3.05, 3.63) is 12.5 Å². The fraction of sp³-hybridized carbons (Fsp3) is 0. The average molecular weight is 74.0 g/mol. The van der Waals surface area contributed by atoms with Crippen LogP contribution in [0.4, 0.5) is 0 Å². The minimum Gasteiger partial charge on any atom is -0.304 e. The first-order valence-electron chi connectivity index (χ1n) is 1.14. The van der Waals surface area contributed by atoms with Crippen molar-refractivity contribution in [2.75, 3.05) is 0 Å². The molecule has 0 aromatic heterocycles. The van der Waals surface area contributed by atoms with E-state index in [2.05, 4.69) is 14.8 Å². The third-order valence-corrected chi connectivity index (χ3v) is 0.245. The van der Waals surface area contributed by atoms with Crippen LogP contribution in [0.3, 0.4) is 0 Å². The van der Waals surface area contributed by atoms with E-state index in [9.17, 15) is 0 Å². The van der Waals surface area contributed by atoms with Gasteiger partial charge in [-0.15, -0.1) is 0 Å². The summed E-state index contributed by atoms with van der Waals surface area (Å²) in [4.78, 5) is 8.08. The fourth-order valence-electron chi connectivity index (χ4n) is 0.113. The van der Waals surface area contributed by atoms with Crippen LogP contribution in [-0.4, -0.2) is 0 Å². The van der Waals surface area contributed by atoms with Gasteiger partial charge in [-0.2, -0.15) is 0 Å². The molecular weight excluding hydrogens is 72.0 g/mol. The molecule has 3 nitrogen and oxygen atoms in total. The van der Waals surface area contributed by atoms with Crippen LogP contribution in [-0.2, 0) is 14.8 Å². The minimum atomic E-state index is 1.29. The normalized spacial score (nSPS) is 17.6. The van der Waals surface area contributed by atoms with Crippen LogP contribution in [0.5, 0.6) is 0 Å². The molecule has 0 N–H and O–H groups in total. The second-order valence-corrected chi connectivity index (χ2v) is 0.533. The summed E-state index contributed by atoms with van der Waals surface area (Å²) < 4.78 is 0. The second-order valence-electron chi connectivity index (χ2n) is 0.533. The molecule has 0 aromatic carbocycles. The van der Waals surface area contributed by atoms with E-state index in [4.69, 9.17) is 0 Å². The average Bonchev–Trinajstić information content (AvgIpc) is 1.76. The van der Waals surface area contributed by atoms with Gasteiger partial charge in [-0.25, -0.2) is 0 Å². The predicted molar refractivity (Wildman–Crippen MR) is 12.4 cm³/mol. The van der Waals surface area contributed by atoms with Gasteiger partial charge in [0, 0.05) is 5.04 Å². The Morgan fingerprint density at radius 2 is 1.60 bits per heavy atom. The van der Waals surface area contributed by atoms with Gasteiger partial charge in [-0.05, 0) is 0 Å².